The monoisotopic (exact) mass is 204 g/mol. The second-order valence-corrected chi connectivity index (χ2v) is 4.40. The molecule has 1 rings (SSSR count). The van der Waals surface area contributed by atoms with E-state index in [1.807, 2.05) is 0 Å². The zero-order chi connectivity index (χ0) is 11.3. The molecule has 0 aromatic heterocycles. The summed E-state index contributed by atoms with van der Waals surface area (Å²) in [6, 6.07) is 8.45. The minimum Gasteiger partial charge on any atom is -0.303 e. The Bertz CT molecular complexity index is 298. The van der Waals surface area contributed by atoms with Crippen LogP contribution in [0.5, 0.6) is 0 Å². The number of carbonyl (C=O) groups excluding carboxylic acids is 1. The van der Waals surface area contributed by atoms with Crippen molar-refractivity contribution in [2.24, 2.45) is 5.92 Å². The van der Waals surface area contributed by atoms with Gasteiger partial charge >= 0.3 is 0 Å². The zero-order valence-electron chi connectivity index (χ0n) is 9.86. The molecule has 1 nitrogen and oxygen atoms in total. The fraction of sp³-hybridized carbons (Fsp3) is 0.500. The van der Waals surface area contributed by atoms with Gasteiger partial charge in [0, 0.05) is 5.92 Å². The predicted molar refractivity (Wildman–Crippen MR) is 64.1 cm³/mol. The van der Waals surface area contributed by atoms with E-state index in [0.717, 1.165) is 18.3 Å². The van der Waals surface area contributed by atoms with E-state index in [1.54, 1.807) is 0 Å². The average Bonchev–Trinajstić information content (AvgIpc) is 2.21. The molecular weight excluding hydrogens is 184 g/mol. The van der Waals surface area contributed by atoms with Crippen LogP contribution in [-0.2, 0) is 11.2 Å². The molecule has 0 bridgehead atoms. The second kappa shape index (κ2) is 5.69. The summed E-state index contributed by atoms with van der Waals surface area (Å²) in [4.78, 5) is 11.0. The molecule has 15 heavy (non-hydrogen) atoms. The third-order valence-electron chi connectivity index (χ3n) is 2.77. The minimum atomic E-state index is 0.0423. The van der Waals surface area contributed by atoms with Gasteiger partial charge in [-0.25, -0.2) is 0 Å². The minimum absolute atomic E-state index is 0.0423. The van der Waals surface area contributed by atoms with Crippen LogP contribution in [-0.4, -0.2) is 6.29 Å². The van der Waals surface area contributed by atoms with Crippen LogP contribution in [0.15, 0.2) is 24.3 Å². The first-order valence-corrected chi connectivity index (χ1v) is 5.73. The zero-order valence-corrected chi connectivity index (χ0v) is 9.86. The summed E-state index contributed by atoms with van der Waals surface area (Å²) >= 11 is 0. The Balaban J connectivity index is 2.82. The molecule has 0 aliphatic rings. The number of aldehydes is 1. The molecule has 0 fully saturated rings. The molecule has 1 aromatic rings. The molecule has 0 aliphatic carbocycles. The van der Waals surface area contributed by atoms with E-state index in [-0.39, 0.29) is 5.92 Å². The lowest BCUT2D eigenvalue weighted by Gasteiger charge is -2.14. The molecule has 0 radical (unpaired) electrons. The van der Waals surface area contributed by atoms with Gasteiger partial charge in [0.25, 0.3) is 0 Å². The standard InChI is InChI=1S/C14H20O/c1-4-5-12-6-8-13(9-7-12)14(10-15)11(2)3/h6-11,14H,4-5H2,1-3H3. The summed E-state index contributed by atoms with van der Waals surface area (Å²) in [6.07, 6.45) is 3.34. The molecular formula is C14H20O. The lowest BCUT2D eigenvalue weighted by atomic mass is 9.89. The number of aryl methyl sites for hydroxylation is 1. The van der Waals surface area contributed by atoms with Gasteiger partial charge in [-0.1, -0.05) is 51.5 Å². The molecule has 0 aliphatic heterocycles. The van der Waals surface area contributed by atoms with Crippen molar-refractivity contribution in [3.8, 4) is 0 Å². The van der Waals surface area contributed by atoms with Crippen molar-refractivity contribution in [1.29, 1.82) is 0 Å². The van der Waals surface area contributed by atoms with Crippen LogP contribution < -0.4 is 0 Å². The maximum atomic E-state index is 11.0. The fourth-order valence-corrected chi connectivity index (χ4v) is 1.82. The average molecular weight is 204 g/mol. The van der Waals surface area contributed by atoms with Gasteiger partial charge in [-0.15, -0.1) is 0 Å². The first-order valence-electron chi connectivity index (χ1n) is 5.73. The molecule has 0 saturated carbocycles. The van der Waals surface area contributed by atoms with Gasteiger partial charge in [-0.05, 0) is 23.5 Å². The van der Waals surface area contributed by atoms with Crippen LogP contribution in [0, 0.1) is 5.92 Å². The van der Waals surface area contributed by atoms with Crippen LogP contribution in [0.2, 0.25) is 0 Å². The van der Waals surface area contributed by atoms with Gasteiger partial charge in [0.15, 0.2) is 0 Å². The normalized spacial score (nSPS) is 12.8. The maximum Gasteiger partial charge on any atom is 0.127 e. The number of carbonyl (C=O) groups is 1. The van der Waals surface area contributed by atoms with Crippen molar-refractivity contribution in [1.82, 2.24) is 0 Å². The predicted octanol–water partition coefficient (Wildman–Crippen LogP) is 3.58. The topological polar surface area (TPSA) is 17.1 Å². The summed E-state index contributed by atoms with van der Waals surface area (Å²) in [5, 5.41) is 0. The van der Waals surface area contributed by atoms with Crippen molar-refractivity contribution in [2.45, 2.75) is 39.5 Å². The molecule has 0 N–H and O–H groups in total. The number of hydrogen-bond donors (Lipinski definition) is 0. The summed E-state index contributed by atoms with van der Waals surface area (Å²) in [6.45, 7) is 6.34. The Morgan fingerprint density at radius 2 is 1.80 bits per heavy atom. The SMILES string of the molecule is CCCc1ccc(C(C=O)C(C)C)cc1. The first kappa shape index (κ1) is 12.0. The van der Waals surface area contributed by atoms with Gasteiger partial charge in [0.2, 0.25) is 0 Å². The molecule has 0 heterocycles. The van der Waals surface area contributed by atoms with Gasteiger partial charge in [-0.3, -0.25) is 0 Å². The van der Waals surface area contributed by atoms with Crippen molar-refractivity contribution in [3.63, 3.8) is 0 Å². The Kier molecular flexibility index (Phi) is 4.54. The summed E-state index contributed by atoms with van der Waals surface area (Å²) in [7, 11) is 0. The summed E-state index contributed by atoms with van der Waals surface area (Å²) in [5.74, 6) is 0.417. The molecule has 82 valence electrons. The van der Waals surface area contributed by atoms with Crippen LogP contribution in [0.25, 0.3) is 0 Å². The highest BCUT2D eigenvalue weighted by atomic mass is 16.1. The Morgan fingerprint density at radius 1 is 1.20 bits per heavy atom. The Hall–Kier alpha value is -1.11. The van der Waals surface area contributed by atoms with Gasteiger partial charge in [-0.2, -0.15) is 0 Å². The molecule has 1 atom stereocenters. The number of benzene rings is 1. The lowest BCUT2D eigenvalue weighted by molar-refractivity contribution is -0.109. The first-order chi connectivity index (χ1) is 7.19. The molecule has 0 spiro atoms. The van der Waals surface area contributed by atoms with E-state index in [2.05, 4.69) is 45.0 Å². The van der Waals surface area contributed by atoms with Gasteiger partial charge in [0.05, 0.1) is 0 Å². The number of hydrogen-bond acceptors (Lipinski definition) is 1. The van der Waals surface area contributed by atoms with Gasteiger partial charge in [0.1, 0.15) is 6.29 Å². The molecule has 1 unspecified atom stereocenters. The highest BCUT2D eigenvalue weighted by molar-refractivity contribution is 5.62. The van der Waals surface area contributed by atoms with Crippen molar-refractivity contribution < 1.29 is 4.79 Å². The third kappa shape index (κ3) is 3.19. The van der Waals surface area contributed by atoms with Gasteiger partial charge < -0.3 is 4.79 Å². The van der Waals surface area contributed by atoms with Crippen LogP contribution in [0.1, 0.15) is 44.2 Å². The van der Waals surface area contributed by atoms with E-state index in [1.165, 1.54) is 12.0 Å². The van der Waals surface area contributed by atoms with E-state index >= 15 is 0 Å². The van der Waals surface area contributed by atoms with E-state index < -0.39 is 0 Å². The Morgan fingerprint density at radius 3 is 2.20 bits per heavy atom. The highest BCUT2D eigenvalue weighted by Gasteiger charge is 2.13. The molecule has 1 aromatic carbocycles. The lowest BCUT2D eigenvalue weighted by Crippen LogP contribution is -2.07. The Labute approximate surface area is 92.5 Å². The summed E-state index contributed by atoms with van der Waals surface area (Å²) < 4.78 is 0. The quantitative estimate of drug-likeness (QED) is 0.670. The second-order valence-electron chi connectivity index (χ2n) is 4.40. The van der Waals surface area contributed by atoms with Crippen molar-refractivity contribution in [2.75, 3.05) is 0 Å². The smallest absolute Gasteiger partial charge is 0.127 e. The summed E-state index contributed by atoms with van der Waals surface area (Å²) in [5.41, 5.74) is 2.49. The fourth-order valence-electron chi connectivity index (χ4n) is 1.82. The van der Waals surface area contributed by atoms with Crippen LogP contribution in [0.3, 0.4) is 0 Å². The van der Waals surface area contributed by atoms with E-state index in [9.17, 15) is 4.79 Å². The number of rotatable bonds is 5. The van der Waals surface area contributed by atoms with Crippen LogP contribution >= 0.6 is 0 Å². The van der Waals surface area contributed by atoms with E-state index in [4.69, 9.17) is 0 Å². The third-order valence-corrected chi connectivity index (χ3v) is 2.77. The van der Waals surface area contributed by atoms with Crippen molar-refractivity contribution in [3.05, 3.63) is 35.4 Å². The molecule has 0 amide bonds. The molecule has 1 heteroatoms. The highest BCUT2D eigenvalue weighted by Crippen LogP contribution is 2.22. The maximum absolute atomic E-state index is 11.0. The van der Waals surface area contributed by atoms with Crippen LogP contribution in [0.4, 0.5) is 0 Å². The largest absolute Gasteiger partial charge is 0.303 e. The van der Waals surface area contributed by atoms with E-state index in [0.29, 0.717) is 5.92 Å². The molecule has 0 saturated heterocycles. The van der Waals surface area contributed by atoms with Crippen molar-refractivity contribution >= 4 is 6.29 Å².